The number of hydrogen-bond acceptors (Lipinski definition) is 3. The van der Waals surface area contributed by atoms with E-state index in [0.29, 0.717) is 18.5 Å². The van der Waals surface area contributed by atoms with Gasteiger partial charge in [0.25, 0.3) is 5.91 Å². The Kier molecular flexibility index (Phi) is 5.49. The molecule has 0 aliphatic heterocycles. The zero-order valence-electron chi connectivity index (χ0n) is 10.4. The Morgan fingerprint density at radius 3 is 2.76 bits per heavy atom. The van der Waals surface area contributed by atoms with E-state index in [-0.39, 0.29) is 18.4 Å². The second kappa shape index (κ2) is 6.91. The summed E-state index contributed by atoms with van der Waals surface area (Å²) in [6.45, 7) is 2.74. The largest absolute Gasteiger partial charge is 0.396 e. The quantitative estimate of drug-likeness (QED) is 0.701. The average Bonchev–Trinajstić information content (AvgIpc) is 2.36. The summed E-state index contributed by atoms with van der Waals surface area (Å²) in [6.07, 6.45) is 0.702. The number of aliphatic hydroxyl groups is 1. The molecule has 0 aliphatic rings. The van der Waals surface area contributed by atoms with Gasteiger partial charge in [0.2, 0.25) is 0 Å². The molecule has 0 saturated carbocycles. The van der Waals surface area contributed by atoms with Gasteiger partial charge < -0.3 is 15.7 Å². The van der Waals surface area contributed by atoms with Crippen molar-refractivity contribution < 1.29 is 9.90 Å². The van der Waals surface area contributed by atoms with Crippen LogP contribution >= 0.6 is 0 Å². The van der Waals surface area contributed by atoms with Crippen LogP contribution in [-0.4, -0.2) is 31.2 Å². The Bertz CT molecular complexity index is 366. The highest BCUT2D eigenvalue weighted by Gasteiger charge is 2.10. The van der Waals surface area contributed by atoms with Crippen LogP contribution in [-0.2, 0) is 0 Å². The first kappa shape index (κ1) is 13.5. The molecule has 0 aliphatic carbocycles. The zero-order valence-corrected chi connectivity index (χ0v) is 10.4. The standard InChI is InChI=1S/C13H20N2O2/c1-10(7-8-16)9-15-13(17)11-5-3-4-6-12(11)14-2/h3-6,10,14,16H,7-9H2,1-2H3,(H,15,17). The lowest BCUT2D eigenvalue weighted by molar-refractivity contribution is 0.0946. The molecule has 1 unspecified atom stereocenters. The number of benzene rings is 1. The number of carbonyl (C=O) groups is 1. The number of anilines is 1. The van der Waals surface area contributed by atoms with E-state index >= 15 is 0 Å². The molecule has 0 heterocycles. The number of carbonyl (C=O) groups excluding carboxylic acids is 1. The van der Waals surface area contributed by atoms with Crippen LogP contribution in [0.25, 0.3) is 0 Å². The molecule has 0 radical (unpaired) electrons. The third-order valence-corrected chi connectivity index (χ3v) is 2.67. The molecule has 1 aromatic carbocycles. The maximum Gasteiger partial charge on any atom is 0.253 e. The number of amides is 1. The van der Waals surface area contributed by atoms with Gasteiger partial charge in [0.05, 0.1) is 5.56 Å². The number of rotatable bonds is 6. The summed E-state index contributed by atoms with van der Waals surface area (Å²) in [5, 5.41) is 14.6. The van der Waals surface area contributed by atoms with Crippen molar-refractivity contribution >= 4 is 11.6 Å². The molecule has 1 aromatic rings. The molecule has 0 fully saturated rings. The van der Waals surface area contributed by atoms with Crippen LogP contribution in [0.1, 0.15) is 23.7 Å². The van der Waals surface area contributed by atoms with E-state index < -0.39 is 0 Å². The predicted octanol–water partition coefficient (Wildman–Crippen LogP) is 1.48. The van der Waals surface area contributed by atoms with Crippen molar-refractivity contribution in [1.29, 1.82) is 0 Å². The van der Waals surface area contributed by atoms with Crippen molar-refractivity contribution in [3.63, 3.8) is 0 Å². The highest BCUT2D eigenvalue weighted by atomic mass is 16.3. The first-order valence-electron chi connectivity index (χ1n) is 5.85. The van der Waals surface area contributed by atoms with Gasteiger partial charge in [-0.15, -0.1) is 0 Å². The fourth-order valence-electron chi connectivity index (χ4n) is 1.58. The maximum absolute atomic E-state index is 11.9. The van der Waals surface area contributed by atoms with Crippen LogP contribution in [0.4, 0.5) is 5.69 Å². The molecule has 4 nitrogen and oxygen atoms in total. The molecular formula is C13H20N2O2. The summed E-state index contributed by atoms with van der Waals surface area (Å²) in [5.74, 6) is 0.199. The van der Waals surface area contributed by atoms with Gasteiger partial charge in [-0.3, -0.25) is 4.79 Å². The number of aliphatic hydroxyl groups excluding tert-OH is 1. The molecule has 4 heteroatoms. The van der Waals surface area contributed by atoms with Crippen LogP contribution in [0, 0.1) is 5.92 Å². The molecule has 0 aromatic heterocycles. The molecule has 0 bridgehead atoms. The normalized spacial score (nSPS) is 11.9. The van der Waals surface area contributed by atoms with E-state index in [0.717, 1.165) is 5.69 Å². The molecule has 1 amide bonds. The SMILES string of the molecule is CNc1ccccc1C(=O)NCC(C)CCO. The van der Waals surface area contributed by atoms with E-state index in [9.17, 15) is 4.79 Å². The summed E-state index contributed by atoms with van der Waals surface area (Å²) >= 11 is 0. The Morgan fingerprint density at radius 2 is 2.12 bits per heavy atom. The van der Waals surface area contributed by atoms with E-state index in [2.05, 4.69) is 10.6 Å². The van der Waals surface area contributed by atoms with Crippen LogP contribution in [0.2, 0.25) is 0 Å². The number of hydrogen-bond donors (Lipinski definition) is 3. The summed E-state index contributed by atoms with van der Waals surface area (Å²) in [5.41, 5.74) is 1.46. The Labute approximate surface area is 102 Å². The lowest BCUT2D eigenvalue weighted by atomic mass is 10.1. The van der Waals surface area contributed by atoms with Crippen LogP contribution in [0.3, 0.4) is 0 Å². The third-order valence-electron chi connectivity index (χ3n) is 2.67. The van der Waals surface area contributed by atoms with Crippen LogP contribution in [0.15, 0.2) is 24.3 Å². The smallest absolute Gasteiger partial charge is 0.253 e. The second-order valence-corrected chi connectivity index (χ2v) is 4.12. The predicted molar refractivity (Wildman–Crippen MR) is 69.2 cm³/mol. The van der Waals surface area contributed by atoms with Crippen LogP contribution in [0.5, 0.6) is 0 Å². The molecular weight excluding hydrogens is 216 g/mol. The molecule has 3 N–H and O–H groups in total. The molecule has 1 atom stereocenters. The summed E-state index contributed by atoms with van der Waals surface area (Å²) in [4.78, 5) is 11.9. The van der Waals surface area contributed by atoms with Gasteiger partial charge in [0.15, 0.2) is 0 Å². The number of para-hydroxylation sites is 1. The second-order valence-electron chi connectivity index (χ2n) is 4.12. The van der Waals surface area contributed by atoms with Gasteiger partial charge in [-0.2, -0.15) is 0 Å². The zero-order chi connectivity index (χ0) is 12.7. The lowest BCUT2D eigenvalue weighted by Crippen LogP contribution is -2.29. The first-order valence-corrected chi connectivity index (χ1v) is 5.85. The molecule has 0 saturated heterocycles. The van der Waals surface area contributed by atoms with Gasteiger partial charge >= 0.3 is 0 Å². The summed E-state index contributed by atoms with van der Waals surface area (Å²) in [6, 6.07) is 7.38. The van der Waals surface area contributed by atoms with Crippen molar-refractivity contribution in [2.24, 2.45) is 5.92 Å². The van der Waals surface area contributed by atoms with Gasteiger partial charge in [-0.05, 0) is 24.5 Å². The topological polar surface area (TPSA) is 61.4 Å². The fourth-order valence-corrected chi connectivity index (χ4v) is 1.58. The van der Waals surface area contributed by atoms with Gasteiger partial charge in [-0.1, -0.05) is 19.1 Å². The Balaban J connectivity index is 2.58. The Morgan fingerprint density at radius 1 is 1.41 bits per heavy atom. The molecule has 0 spiro atoms. The monoisotopic (exact) mass is 236 g/mol. The summed E-state index contributed by atoms with van der Waals surface area (Å²) in [7, 11) is 1.79. The molecule has 94 valence electrons. The average molecular weight is 236 g/mol. The van der Waals surface area contributed by atoms with Gasteiger partial charge in [0.1, 0.15) is 0 Å². The third kappa shape index (κ3) is 4.07. The minimum Gasteiger partial charge on any atom is -0.396 e. The van der Waals surface area contributed by atoms with Gasteiger partial charge in [0, 0.05) is 25.9 Å². The molecule has 17 heavy (non-hydrogen) atoms. The first-order chi connectivity index (χ1) is 8.19. The van der Waals surface area contributed by atoms with E-state index in [1.165, 1.54) is 0 Å². The lowest BCUT2D eigenvalue weighted by Gasteiger charge is -2.13. The van der Waals surface area contributed by atoms with E-state index in [1.54, 1.807) is 13.1 Å². The van der Waals surface area contributed by atoms with Crippen molar-refractivity contribution in [3.8, 4) is 0 Å². The minimum atomic E-state index is -0.0836. The Hall–Kier alpha value is -1.55. The molecule has 1 rings (SSSR count). The highest BCUT2D eigenvalue weighted by Crippen LogP contribution is 2.13. The van der Waals surface area contributed by atoms with Crippen molar-refractivity contribution in [1.82, 2.24) is 5.32 Å². The number of nitrogens with one attached hydrogen (secondary N) is 2. The highest BCUT2D eigenvalue weighted by molar-refractivity contribution is 5.99. The van der Waals surface area contributed by atoms with Gasteiger partial charge in [-0.25, -0.2) is 0 Å². The minimum absolute atomic E-state index is 0.0836. The van der Waals surface area contributed by atoms with Crippen molar-refractivity contribution in [2.45, 2.75) is 13.3 Å². The van der Waals surface area contributed by atoms with Crippen LogP contribution < -0.4 is 10.6 Å². The summed E-state index contributed by atoms with van der Waals surface area (Å²) < 4.78 is 0. The fraction of sp³-hybridized carbons (Fsp3) is 0.462. The van der Waals surface area contributed by atoms with Crippen molar-refractivity contribution in [3.05, 3.63) is 29.8 Å². The maximum atomic E-state index is 11.9. The van der Waals surface area contributed by atoms with Crippen molar-refractivity contribution in [2.75, 3.05) is 25.5 Å². The van der Waals surface area contributed by atoms with E-state index in [1.807, 2.05) is 25.1 Å². The van der Waals surface area contributed by atoms with E-state index in [4.69, 9.17) is 5.11 Å².